The molecular weight excluding hydrogens is 385 g/mol. The molecule has 8 heteroatoms. The fourth-order valence-corrected chi connectivity index (χ4v) is 3.20. The first-order valence-corrected chi connectivity index (χ1v) is 9.40. The van der Waals surface area contributed by atoms with E-state index in [0.717, 1.165) is 37.7 Å². The van der Waals surface area contributed by atoms with Gasteiger partial charge in [-0.3, -0.25) is 10.3 Å². The molecule has 1 fully saturated rings. The lowest BCUT2D eigenvalue weighted by atomic mass is 10.1. The molecule has 2 aromatic carbocycles. The van der Waals surface area contributed by atoms with Crippen LogP contribution in [0, 0.1) is 5.82 Å². The van der Waals surface area contributed by atoms with Gasteiger partial charge in [0.2, 0.25) is 0 Å². The van der Waals surface area contributed by atoms with Crippen LogP contribution in [0.3, 0.4) is 0 Å². The molecule has 1 saturated heterocycles. The van der Waals surface area contributed by atoms with Crippen LogP contribution in [0.1, 0.15) is 11.1 Å². The Balaban J connectivity index is 1.56. The molecule has 5 nitrogen and oxygen atoms in total. The van der Waals surface area contributed by atoms with Gasteiger partial charge in [0.1, 0.15) is 5.82 Å². The normalized spacial score (nSPS) is 15.3. The Morgan fingerprint density at radius 1 is 1.19 bits per heavy atom. The summed E-state index contributed by atoms with van der Waals surface area (Å²) in [6, 6.07) is 13.0. The predicted octanol–water partition coefficient (Wildman–Crippen LogP) is 2.97. The first kappa shape index (κ1) is 19.5. The minimum Gasteiger partial charge on any atom is -0.375 e. The van der Waals surface area contributed by atoms with Gasteiger partial charge in [0.05, 0.1) is 11.9 Å². The van der Waals surface area contributed by atoms with Gasteiger partial charge in [-0.15, -0.1) is 0 Å². The molecule has 2 aromatic rings. The highest BCUT2D eigenvalue weighted by Gasteiger charge is 2.19. The Bertz CT molecular complexity index is 819. The zero-order valence-corrected chi connectivity index (χ0v) is 16.3. The smallest absolute Gasteiger partial charge is 0.184 e. The Morgan fingerprint density at radius 3 is 2.52 bits per heavy atom. The number of rotatable bonds is 5. The lowest BCUT2D eigenvalue weighted by molar-refractivity contribution is 0.249. The second kappa shape index (κ2) is 9.12. The summed E-state index contributed by atoms with van der Waals surface area (Å²) in [4.78, 5) is 4.43. The van der Waals surface area contributed by atoms with Crippen LogP contribution < -0.4 is 16.1 Å². The summed E-state index contributed by atoms with van der Waals surface area (Å²) in [5.41, 5.74) is 10.2. The van der Waals surface area contributed by atoms with E-state index in [1.807, 2.05) is 30.3 Å². The van der Waals surface area contributed by atoms with Crippen molar-refractivity contribution < 1.29 is 4.39 Å². The number of piperazine rings is 1. The average molecular weight is 406 g/mol. The fourth-order valence-electron chi connectivity index (χ4n) is 3.03. The van der Waals surface area contributed by atoms with Crippen molar-refractivity contribution >= 4 is 40.8 Å². The molecule has 0 atom stereocenters. The molecule has 0 amide bonds. The van der Waals surface area contributed by atoms with Crippen LogP contribution in [0.5, 0.6) is 0 Å². The Hall–Kier alpha value is -2.22. The van der Waals surface area contributed by atoms with Crippen LogP contribution >= 0.6 is 23.8 Å². The largest absolute Gasteiger partial charge is 0.375 e. The number of hydrazone groups is 1. The second-order valence-electron chi connectivity index (χ2n) is 6.33. The summed E-state index contributed by atoms with van der Waals surface area (Å²) in [6.07, 6.45) is 1.48. The Kier molecular flexibility index (Phi) is 6.60. The quantitative estimate of drug-likeness (QED) is 0.455. The van der Waals surface area contributed by atoms with Gasteiger partial charge in [-0.05, 0) is 47.6 Å². The molecule has 0 spiro atoms. The topological polar surface area (TPSA) is 56.9 Å². The van der Waals surface area contributed by atoms with E-state index >= 15 is 0 Å². The van der Waals surface area contributed by atoms with E-state index in [9.17, 15) is 4.39 Å². The zero-order chi connectivity index (χ0) is 19.2. The summed E-state index contributed by atoms with van der Waals surface area (Å²) >= 11 is 10.6. The van der Waals surface area contributed by atoms with Crippen LogP contribution in [0.2, 0.25) is 5.02 Å². The summed E-state index contributed by atoms with van der Waals surface area (Å²) < 4.78 is 14.5. The molecule has 3 N–H and O–H groups in total. The van der Waals surface area contributed by atoms with Gasteiger partial charge in [-0.25, -0.2) is 4.39 Å². The number of benzene rings is 2. The minimum atomic E-state index is -0.263. The monoisotopic (exact) mass is 405 g/mol. The lowest BCUT2D eigenvalue weighted by Crippen LogP contribution is -2.46. The van der Waals surface area contributed by atoms with Gasteiger partial charge < -0.3 is 10.6 Å². The van der Waals surface area contributed by atoms with Gasteiger partial charge in [-0.2, -0.15) is 5.10 Å². The molecule has 0 aromatic heterocycles. The van der Waals surface area contributed by atoms with Crippen molar-refractivity contribution in [2.24, 2.45) is 10.8 Å². The van der Waals surface area contributed by atoms with Crippen LogP contribution in [-0.4, -0.2) is 42.4 Å². The van der Waals surface area contributed by atoms with E-state index in [2.05, 4.69) is 32.5 Å². The van der Waals surface area contributed by atoms with Crippen molar-refractivity contribution in [1.29, 1.82) is 0 Å². The first-order chi connectivity index (χ1) is 13.0. The molecule has 3 rings (SSSR count). The van der Waals surface area contributed by atoms with Gasteiger partial charge in [0, 0.05) is 37.7 Å². The van der Waals surface area contributed by atoms with E-state index in [-0.39, 0.29) is 10.9 Å². The molecule has 0 unspecified atom stereocenters. The van der Waals surface area contributed by atoms with Crippen molar-refractivity contribution in [2.45, 2.75) is 6.54 Å². The maximum absolute atomic E-state index is 14.5. The van der Waals surface area contributed by atoms with E-state index in [1.54, 1.807) is 6.07 Å². The number of thiocarbonyl (C=S) groups is 1. The number of hydrogen-bond donors (Lipinski definition) is 2. The van der Waals surface area contributed by atoms with E-state index in [0.29, 0.717) is 11.3 Å². The molecular formula is C19H21ClFN5S. The highest BCUT2D eigenvalue weighted by molar-refractivity contribution is 7.80. The summed E-state index contributed by atoms with van der Waals surface area (Å²) in [5.74, 6) is -0.263. The van der Waals surface area contributed by atoms with E-state index in [4.69, 9.17) is 17.3 Å². The molecule has 0 radical (unpaired) electrons. The Morgan fingerprint density at radius 2 is 1.89 bits per heavy atom. The van der Waals surface area contributed by atoms with Crippen molar-refractivity contribution in [3.05, 3.63) is 64.4 Å². The maximum Gasteiger partial charge on any atom is 0.184 e. The maximum atomic E-state index is 14.5. The van der Waals surface area contributed by atoms with Crippen LogP contribution in [-0.2, 0) is 6.54 Å². The van der Waals surface area contributed by atoms with Gasteiger partial charge in [0.25, 0.3) is 0 Å². The minimum absolute atomic E-state index is 0.0693. The predicted molar refractivity (Wildman–Crippen MR) is 113 cm³/mol. The summed E-state index contributed by atoms with van der Waals surface area (Å²) in [6.45, 7) is 4.19. The van der Waals surface area contributed by atoms with Gasteiger partial charge >= 0.3 is 0 Å². The molecule has 0 bridgehead atoms. The summed E-state index contributed by atoms with van der Waals surface area (Å²) in [7, 11) is 0. The second-order valence-corrected chi connectivity index (χ2v) is 7.21. The van der Waals surface area contributed by atoms with Crippen molar-refractivity contribution in [1.82, 2.24) is 10.3 Å². The lowest BCUT2D eigenvalue weighted by Gasteiger charge is -2.36. The number of nitrogens with two attached hydrogens (primary N) is 1. The number of nitrogens with one attached hydrogen (secondary N) is 1. The fraction of sp³-hybridized carbons (Fsp3) is 0.263. The highest BCUT2D eigenvalue weighted by Crippen LogP contribution is 2.22. The third kappa shape index (κ3) is 5.63. The van der Waals surface area contributed by atoms with E-state index < -0.39 is 0 Å². The van der Waals surface area contributed by atoms with Crippen LogP contribution in [0.4, 0.5) is 10.1 Å². The van der Waals surface area contributed by atoms with Crippen molar-refractivity contribution in [3.8, 4) is 0 Å². The molecule has 0 aliphatic carbocycles. The first-order valence-electron chi connectivity index (χ1n) is 8.61. The van der Waals surface area contributed by atoms with Crippen LogP contribution in [0.15, 0.2) is 47.6 Å². The molecule has 1 aliphatic heterocycles. The zero-order valence-electron chi connectivity index (χ0n) is 14.7. The number of halogens is 2. The molecule has 27 heavy (non-hydrogen) atoms. The number of nitrogens with zero attached hydrogens (tertiary/aromatic N) is 3. The molecule has 1 heterocycles. The third-order valence-electron chi connectivity index (χ3n) is 4.39. The van der Waals surface area contributed by atoms with E-state index in [1.165, 1.54) is 17.8 Å². The summed E-state index contributed by atoms with van der Waals surface area (Å²) in [5, 5.41) is 4.66. The van der Waals surface area contributed by atoms with Gasteiger partial charge in [-0.1, -0.05) is 29.8 Å². The third-order valence-corrected chi connectivity index (χ3v) is 4.74. The van der Waals surface area contributed by atoms with Gasteiger partial charge in [0.15, 0.2) is 5.11 Å². The van der Waals surface area contributed by atoms with Crippen molar-refractivity contribution in [3.63, 3.8) is 0 Å². The Labute approximate surface area is 168 Å². The average Bonchev–Trinajstić information content (AvgIpc) is 2.64. The molecule has 0 saturated carbocycles. The van der Waals surface area contributed by atoms with Crippen LogP contribution in [0.25, 0.3) is 0 Å². The van der Waals surface area contributed by atoms with Crippen molar-refractivity contribution in [2.75, 3.05) is 31.1 Å². The number of hydrogen-bond acceptors (Lipinski definition) is 4. The SMILES string of the molecule is NC(=S)N/N=C/c1ccc(N2CCN(Cc3ccc(Cl)cc3)CC2)c(F)c1. The standard InChI is InChI=1S/C19H21ClFN5S/c20-16-4-1-14(2-5-16)13-25-7-9-26(10-8-25)18-6-3-15(11-17(18)21)12-23-24-19(22)27/h1-6,11-12H,7-10,13H2,(H3,22,24,27)/b23-12+. The highest BCUT2D eigenvalue weighted by atomic mass is 35.5. The molecule has 1 aliphatic rings. The molecule has 142 valence electrons. The number of anilines is 1.